The summed E-state index contributed by atoms with van der Waals surface area (Å²) in [5.41, 5.74) is 2.49. The summed E-state index contributed by atoms with van der Waals surface area (Å²) in [5.74, 6) is 0.718. The van der Waals surface area contributed by atoms with Crippen molar-refractivity contribution in [2.24, 2.45) is 4.99 Å². The summed E-state index contributed by atoms with van der Waals surface area (Å²) in [6.45, 7) is 2.63. The molecular weight excluding hydrogens is 365 g/mol. The fourth-order valence-electron chi connectivity index (χ4n) is 2.46. The van der Waals surface area contributed by atoms with Gasteiger partial charge in [0.1, 0.15) is 12.4 Å². The van der Waals surface area contributed by atoms with Gasteiger partial charge in [-0.05, 0) is 54.4 Å². The molecule has 0 aliphatic carbocycles. The average Bonchev–Trinajstić information content (AvgIpc) is 2.68. The summed E-state index contributed by atoms with van der Waals surface area (Å²) in [7, 11) is 0. The second kappa shape index (κ2) is 9.19. The van der Waals surface area contributed by atoms with Crippen LogP contribution in [0.3, 0.4) is 0 Å². The normalized spacial score (nSPS) is 10.9. The van der Waals surface area contributed by atoms with Crippen LogP contribution in [0.4, 0.5) is 10.1 Å². The third-order valence-electron chi connectivity index (χ3n) is 3.75. The molecule has 0 amide bonds. The van der Waals surface area contributed by atoms with Gasteiger partial charge in [0.15, 0.2) is 11.5 Å². The minimum absolute atomic E-state index is 0.261. The van der Waals surface area contributed by atoms with Crippen molar-refractivity contribution in [2.75, 3.05) is 6.61 Å². The van der Waals surface area contributed by atoms with Crippen LogP contribution in [0.2, 0.25) is 5.02 Å². The van der Waals surface area contributed by atoms with Crippen LogP contribution in [0, 0.1) is 5.82 Å². The summed E-state index contributed by atoms with van der Waals surface area (Å²) in [4.78, 5) is 4.43. The molecule has 0 unspecified atom stereocenters. The molecule has 0 aliphatic heterocycles. The maximum atomic E-state index is 13.0. The van der Waals surface area contributed by atoms with E-state index in [0.29, 0.717) is 23.1 Å². The van der Waals surface area contributed by atoms with Crippen molar-refractivity contribution < 1.29 is 13.9 Å². The number of hydrogen-bond donors (Lipinski definition) is 0. The Morgan fingerprint density at radius 1 is 1.00 bits per heavy atom. The molecule has 0 N–H and O–H groups in total. The molecule has 138 valence electrons. The maximum Gasteiger partial charge on any atom is 0.180 e. The van der Waals surface area contributed by atoms with Gasteiger partial charge < -0.3 is 9.47 Å². The number of aliphatic imine (C=N–C) groups is 1. The number of ether oxygens (including phenoxy) is 2. The SMILES string of the molecule is CCOc1cc(C=Nc2ccccc2)cc(Cl)c1OCc1ccc(F)cc1. The molecule has 3 nitrogen and oxygen atoms in total. The molecule has 0 aromatic heterocycles. The quantitative estimate of drug-likeness (QED) is 0.454. The minimum atomic E-state index is -0.283. The Bertz CT molecular complexity index is 912. The number of halogens is 2. The topological polar surface area (TPSA) is 30.8 Å². The van der Waals surface area contributed by atoms with Crippen LogP contribution in [0.5, 0.6) is 11.5 Å². The van der Waals surface area contributed by atoms with E-state index in [1.54, 1.807) is 24.4 Å². The number of para-hydroxylation sites is 1. The minimum Gasteiger partial charge on any atom is -0.490 e. The second-order valence-corrected chi connectivity index (χ2v) is 6.18. The molecule has 0 fully saturated rings. The highest BCUT2D eigenvalue weighted by Crippen LogP contribution is 2.37. The van der Waals surface area contributed by atoms with Crippen molar-refractivity contribution in [3.05, 3.63) is 88.7 Å². The Morgan fingerprint density at radius 3 is 2.44 bits per heavy atom. The van der Waals surface area contributed by atoms with E-state index >= 15 is 0 Å². The van der Waals surface area contributed by atoms with E-state index in [1.165, 1.54) is 12.1 Å². The molecule has 0 aliphatic rings. The lowest BCUT2D eigenvalue weighted by atomic mass is 10.2. The first kappa shape index (κ1) is 18.9. The first-order valence-electron chi connectivity index (χ1n) is 8.58. The van der Waals surface area contributed by atoms with Crippen LogP contribution in [0.25, 0.3) is 0 Å². The van der Waals surface area contributed by atoms with Gasteiger partial charge in [-0.1, -0.05) is 41.9 Å². The van der Waals surface area contributed by atoms with Crippen LogP contribution in [0.15, 0.2) is 71.7 Å². The lowest BCUT2D eigenvalue weighted by molar-refractivity contribution is 0.269. The highest BCUT2D eigenvalue weighted by molar-refractivity contribution is 6.32. The van der Waals surface area contributed by atoms with E-state index in [9.17, 15) is 4.39 Å². The Morgan fingerprint density at radius 2 is 1.74 bits per heavy atom. The van der Waals surface area contributed by atoms with Gasteiger partial charge in [-0.2, -0.15) is 0 Å². The zero-order valence-electron chi connectivity index (χ0n) is 14.9. The van der Waals surface area contributed by atoms with Gasteiger partial charge in [0.2, 0.25) is 0 Å². The Hall–Kier alpha value is -2.85. The van der Waals surface area contributed by atoms with Gasteiger partial charge in [-0.25, -0.2) is 4.39 Å². The third-order valence-corrected chi connectivity index (χ3v) is 4.03. The molecule has 0 heterocycles. The second-order valence-electron chi connectivity index (χ2n) is 5.77. The predicted octanol–water partition coefficient (Wildman–Crippen LogP) is 6.21. The molecule has 0 atom stereocenters. The fraction of sp³-hybridized carbons (Fsp3) is 0.136. The molecule has 0 radical (unpaired) electrons. The molecule has 0 bridgehead atoms. The van der Waals surface area contributed by atoms with Gasteiger partial charge in [-0.3, -0.25) is 4.99 Å². The largest absolute Gasteiger partial charge is 0.490 e. The summed E-state index contributed by atoms with van der Waals surface area (Å²) in [5, 5.41) is 0.428. The molecule has 0 spiro atoms. The van der Waals surface area contributed by atoms with Gasteiger partial charge in [-0.15, -0.1) is 0 Å². The fourth-order valence-corrected chi connectivity index (χ4v) is 2.74. The Balaban J connectivity index is 1.81. The summed E-state index contributed by atoms with van der Waals surface area (Å²) in [6.07, 6.45) is 1.73. The molecule has 27 heavy (non-hydrogen) atoms. The third kappa shape index (κ3) is 5.31. The monoisotopic (exact) mass is 383 g/mol. The van der Waals surface area contributed by atoms with Crippen molar-refractivity contribution in [3.63, 3.8) is 0 Å². The van der Waals surface area contributed by atoms with Crippen molar-refractivity contribution in [3.8, 4) is 11.5 Å². The first-order valence-corrected chi connectivity index (χ1v) is 8.96. The van der Waals surface area contributed by atoms with Crippen molar-refractivity contribution in [1.29, 1.82) is 0 Å². The van der Waals surface area contributed by atoms with Crippen LogP contribution >= 0.6 is 11.6 Å². The molecule has 5 heteroatoms. The smallest absolute Gasteiger partial charge is 0.180 e. The van der Waals surface area contributed by atoms with Gasteiger partial charge in [0, 0.05) is 6.21 Å². The van der Waals surface area contributed by atoms with Crippen LogP contribution < -0.4 is 9.47 Å². The van der Waals surface area contributed by atoms with Gasteiger partial charge in [0.25, 0.3) is 0 Å². The zero-order valence-corrected chi connectivity index (χ0v) is 15.6. The van der Waals surface area contributed by atoms with Crippen molar-refractivity contribution in [2.45, 2.75) is 13.5 Å². The number of benzene rings is 3. The van der Waals surface area contributed by atoms with E-state index in [4.69, 9.17) is 21.1 Å². The van der Waals surface area contributed by atoms with E-state index in [2.05, 4.69) is 4.99 Å². The molecule has 0 saturated heterocycles. The molecule has 3 aromatic carbocycles. The van der Waals surface area contributed by atoms with E-state index in [1.807, 2.05) is 43.3 Å². The van der Waals surface area contributed by atoms with Crippen LogP contribution in [-0.2, 0) is 6.61 Å². The zero-order chi connectivity index (χ0) is 19.1. The summed E-state index contributed by atoms with van der Waals surface area (Å²) in [6, 6.07) is 19.4. The van der Waals surface area contributed by atoms with Crippen LogP contribution in [-0.4, -0.2) is 12.8 Å². The molecule has 3 aromatic rings. The highest BCUT2D eigenvalue weighted by Gasteiger charge is 2.12. The standard InChI is InChI=1S/C22H19ClFNO2/c1-2-26-21-13-17(14-25-19-6-4-3-5-7-19)12-20(23)22(21)27-15-16-8-10-18(24)11-9-16/h3-14H,2,15H2,1H3. The highest BCUT2D eigenvalue weighted by atomic mass is 35.5. The predicted molar refractivity (Wildman–Crippen MR) is 107 cm³/mol. The maximum absolute atomic E-state index is 13.0. The van der Waals surface area contributed by atoms with Gasteiger partial charge in [0.05, 0.1) is 17.3 Å². The number of hydrogen-bond acceptors (Lipinski definition) is 3. The van der Waals surface area contributed by atoms with Crippen LogP contribution in [0.1, 0.15) is 18.1 Å². The van der Waals surface area contributed by atoms with E-state index in [0.717, 1.165) is 16.8 Å². The van der Waals surface area contributed by atoms with E-state index in [-0.39, 0.29) is 12.4 Å². The Labute approximate surface area is 163 Å². The van der Waals surface area contributed by atoms with Gasteiger partial charge >= 0.3 is 0 Å². The Kier molecular flexibility index (Phi) is 6.44. The van der Waals surface area contributed by atoms with Crippen molar-refractivity contribution in [1.82, 2.24) is 0 Å². The number of nitrogens with zero attached hydrogens (tertiary/aromatic N) is 1. The lowest BCUT2D eigenvalue weighted by Gasteiger charge is -2.14. The first-order chi connectivity index (χ1) is 13.2. The molecular formula is C22H19ClFNO2. The molecule has 0 saturated carbocycles. The molecule has 3 rings (SSSR count). The van der Waals surface area contributed by atoms with E-state index < -0.39 is 0 Å². The summed E-state index contributed by atoms with van der Waals surface area (Å²) >= 11 is 6.42. The lowest BCUT2D eigenvalue weighted by Crippen LogP contribution is -2.01. The average molecular weight is 384 g/mol. The summed E-state index contributed by atoms with van der Waals surface area (Å²) < 4.78 is 24.6. The van der Waals surface area contributed by atoms with Crippen molar-refractivity contribution >= 4 is 23.5 Å². The number of rotatable bonds is 7.